The van der Waals surface area contributed by atoms with Gasteiger partial charge < -0.3 is 19.1 Å². The topological polar surface area (TPSA) is 82.1 Å². The molecule has 8 heteroatoms. The number of carbonyl (C=O) groups is 2. The summed E-state index contributed by atoms with van der Waals surface area (Å²) in [4.78, 5) is 26.9. The summed E-state index contributed by atoms with van der Waals surface area (Å²) in [6.07, 6.45) is 1.49. The quantitative estimate of drug-likeness (QED) is 0.644. The fourth-order valence-electron chi connectivity index (χ4n) is 2.97. The zero-order valence-electron chi connectivity index (χ0n) is 16.4. The molecular formula is C21H23NO6S. The minimum Gasteiger partial charge on any atom is -0.486 e. The number of carbonyl (C=O) groups excluding carboxylic acids is 2. The monoisotopic (exact) mass is 417 g/mol. The lowest BCUT2D eigenvalue weighted by Gasteiger charge is -2.23. The Balaban J connectivity index is 1.62. The number of amides is 1. The van der Waals surface area contributed by atoms with Crippen LogP contribution in [0.3, 0.4) is 0 Å². The lowest BCUT2D eigenvalue weighted by molar-refractivity contribution is -0.134. The van der Waals surface area contributed by atoms with Crippen LogP contribution in [-0.4, -0.2) is 53.6 Å². The molecule has 0 unspecified atom stereocenters. The van der Waals surface area contributed by atoms with Crippen molar-refractivity contribution in [3.63, 3.8) is 0 Å². The largest absolute Gasteiger partial charge is 0.486 e. The Bertz CT molecular complexity index is 929. The number of esters is 1. The van der Waals surface area contributed by atoms with Crippen molar-refractivity contribution in [1.82, 2.24) is 4.90 Å². The molecule has 3 rings (SSSR count). The van der Waals surface area contributed by atoms with Crippen LogP contribution in [0.4, 0.5) is 0 Å². The van der Waals surface area contributed by atoms with E-state index in [-0.39, 0.29) is 18.1 Å². The van der Waals surface area contributed by atoms with Crippen LogP contribution in [0.5, 0.6) is 11.5 Å². The molecule has 0 aromatic heterocycles. The van der Waals surface area contributed by atoms with Crippen LogP contribution in [-0.2, 0) is 26.9 Å². The summed E-state index contributed by atoms with van der Waals surface area (Å²) in [7, 11) is -1.33. The van der Waals surface area contributed by atoms with Gasteiger partial charge in [0.1, 0.15) is 13.2 Å². The first-order valence-electron chi connectivity index (χ1n) is 9.25. The molecule has 1 amide bonds. The van der Waals surface area contributed by atoms with Crippen molar-refractivity contribution in [3.05, 3.63) is 53.6 Å². The van der Waals surface area contributed by atoms with Crippen LogP contribution >= 0.6 is 0 Å². The molecule has 1 aliphatic heterocycles. The first-order valence-corrected chi connectivity index (χ1v) is 10.8. The highest BCUT2D eigenvalue weighted by atomic mass is 32.2. The van der Waals surface area contributed by atoms with E-state index in [4.69, 9.17) is 14.2 Å². The van der Waals surface area contributed by atoms with Crippen LogP contribution < -0.4 is 9.47 Å². The molecule has 2 aromatic carbocycles. The van der Waals surface area contributed by atoms with Gasteiger partial charge in [0.2, 0.25) is 0 Å². The predicted octanol–water partition coefficient (Wildman–Crippen LogP) is 2.40. The summed E-state index contributed by atoms with van der Waals surface area (Å²) in [5.41, 5.74) is 1.10. The first kappa shape index (κ1) is 20.9. The van der Waals surface area contributed by atoms with E-state index in [1.165, 1.54) is 12.3 Å². The molecule has 29 heavy (non-hydrogen) atoms. The zero-order chi connectivity index (χ0) is 20.8. The molecule has 154 valence electrons. The summed E-state index contributed by atoms with van der Waals surface area (Å²) >= 11 is 0. The van der Waals surface area contributed by atoms with Crippen LogP contribution in [0.15, 0.2) is 47.4 Å². The van der Waals surface area contributed by atoms with Crippen molar-refractivity contribution >= 4 is 22.7 Å². The first-order chi connectivity index (χ1) is 14.0. The lowest BCUT2D eigenvalue weighted by atomic mass is 10.1. The van der Waals surface area contributed by atoms with E-state index in [1.807, 2.05) is 25.1 Å². The molecule has 0 aliphatic carbocycles. The highest BCUT2D eigenvalue weighted by Gasteiger charge is 2.19. The molecule has 2 aromatic rings. The Hall–Kier alpha value is -2.87. The van der Waals surface area contributed by atoms with Gasteiger partial charge in [-0.05, 0) is 36.8 Å². The number of benzene rings is 2. The average molecular weight is 417 g/mol. The minimum absolute atomic E-state index is 0.205. The minimum atomic E-state index is -1.33. The van der Waals surface area contributed by atoms with Crippen LogP contribution in [0.2, 0.25) is 0 Å². The Labute approximate surface area is 172 Å². The van der Waals surface area contributed by atoms with E-state index in [1.54, 1.807) is 23.1 Å². The summed E-state index contributed by atoms with van der Waals surface area (Å²) < 4.78 is 28.0. The summed E-state index contributed by atoms with van der Waals surface area (Å²) in [6, 6.07) is 12.1. The van der Waals surface area contributed by atoms with Crippen molar-refractivity contribution in [2.45, 2.75) is 18.4 Å². The number of fused-ring (bicyclic) bond motifs is 1. The standard InChI is InChI=1S/C21H23NO6S/c1-3-22(13-15-8-9-17-18(12-15)27-11-10-26-17)20(23)14-28-21(24)16-6-4-5-7-19(16)29(2)25/h4-9,12H,3,10-11,13-14H2,1-2H3/t29-/m1/s1. The molecule has 0 radical (unpaired) electrons. The molecule has 7 nitrogen and oxygen atoms in total. The summed E-state index contributed by atoms with van der Waals surface area (Å²) in [5.74, 6) is 0.369. The third-order valence-electron chi connectivity index (χ3n) is 4.46. The molecule has 0 saturated heterocycles. The van der Waals surface area contributed by atoms with Gasteiger partial charge in [0, 0.05) is 19.3 Å². The highest BCUT2D eigenvalue weighted by Crippen LogP contribution is 2.31. The average Bonchev–Trinajstić information content (AvgIpc) is 2.75. The fraction of sp³-hybridized carbons (Fsp3) is 0.333. The van der Waals surface area contributed by atoms with E-state index in [9.17, 15) is 13.8 Å². The molecule has 0 fully saturated rings. The Morgan fingerprint density at radius 1 is 1.10 bits per heavy atom. The van der Waals surface area contributed by atoms with E-state index in [2.05, 4.69) is 0 Å². The second-order valence-corrected chi connectivity index (χ2v) is 7.76. The van der Waals surface area contributed by atoms with E-state index in [0.717, 1.165) is 5.56 Å². The lowest BCUT2D eigenvalue weighted by Crippen LogP contribution is -2.34. The molecule has 0 saturated carbocycles. The van der Waals surface area contributed by atoms with Crippen molar-refractivity contribution in [3.8, 4) is 11.5 Å². The van der Waals surface area contributed by atoms with Crippen molar-refractivity contribution in [2.24, 2.45) is 0 Å². The van der Waals surface area contributed by atoms with E-state index < -0.39 is 16.8 Å². The second kappa shape index (κ2) is 9.56. The van der Waals surface area contributed by atoms with Crippen molar-refractivity contribution < 1.29 is 28.0 Å². The molecular weight excluding hydrogens is 394 g/mol. The van der Waals surface area contributed by atoms with Gasteiger partial charge in [-0.15, -0.1) is 0 Å². The van der Waals surface area contributed by atoms with Gasteiger partial charge in [-0.3, -0.25) is 9.00 Å². The second-order valence-electron chi connectivity index (χ2n) is 6.41. The third-order valence-corrected chi connectivity index (χ3v) is 5.43. The van der Waals surface area contributed by atoms with Gasteiger partial charge in [0.25, 0.3) is 5.91 Å². The van der Waals surface area contributed by atoms with Gasteiger partial charge in [-0.2, -0.15) is 0 Å². The third kappa shape index (κ3) is 5.14. The van der Waals surface area contributed by atoms with Gasteiger partial charge in [-0.25, -0.2) is 4.79 Å². The maximum absolute atomic E-state index is 12.6. The normalized spacial score (nSPS) is 13.4. The molecule has 1 heterocycles. The number of nitrogens with zero attached hydrogens (tertiary/aromatic N) is 1. The van der Waals surface area contributed by atoms with E-state index >= 15 is 0 Å². The van der Waals surface area contributed by atoms with Gasteiger partial charge in [0.15, 0.2) is 18.1 Å². The molecule has 0 spiro atoms. The van der Waals surface area contributed by atoms with Crippen LogP contribution in [0.25, 0.3) is 0 Å². The number of rotatable bonds is 7. The van der Waals surface area contributed by atoms with Gasteiger partial charge >= 0.3 is 5.97 Å². The number of likely N-dealkylation sites (N-methyl/N-ethyl adjacent to an activating group) is 1. The predicted molar refractivity (Wildman–Crippen MR) is 108 cm³/mol. The molecule has 0 N–H and O–H groups in total. The highest BCUT2D eigenvalue weighted by molar-refractivity contribution is 7.84. The Morgan fingerprint density at radius 2 is 1.83 bits per heavy atom. The maximum atomic E-state index is 12.6. The smallest absolute Gasteiger partial charge is 0.339 e. The zero-order valence-corrected chi connectivity index (χ0v) is 17.2. The van der Waals surface area contributed by atoms with Gasteiger partial charge in [0.05, 0.1) is 21.3 Å². The number of ether oxygens (including phenoxy) is 3. The van der Waals surface area contributed by atoms with Crippen molar-refractivity contribution in [1.29, 1.82) is 0 Å². The maximum Gasteiger partial charge on any atom is 0.339 e. The SMILES string of the molecule is CCN(Cc1ccc2c(c1)OCCO2)C(=O)COC(=O)c1ccccc1[S@@](C)=O. The molecule has 1 atom stereocenters. The van der Waals surface area contributed by atoms with Gasteiger partial charge in [-0.1, -0.05) is 18.2 Å². The van der Waals surface area contributed by atoms with Crippen LogP contribution in [0, 0.1) is 0 Å². The molecule has 0 bridgehead atoms. The molecule has 1 aliphatic rings. The Kier molecular flexibility index (Phi) is 6.87. The Morgan fingerprint density at radius 3 is 2.55 bits per heavy atom. The summed E-state index contributed by atoms with van der Waals surface area (Å²) in [5, 5.41) is 0. The summed E-state index contributed by atoms with van der Waals surface area (Å²) in [6.45, 7) is 3.30. The van der Waals surface area contributed by atoms with Crippen molar-refractivity contribution in [2.75, 3.05) is 32.6 Å². The number of hydrogen-bond donors (Lipinski definition) is 0. The van der Waals surface area contributed by atoms with Crippen LogP contribution in [0.1, 0.15) is 22.8 Å². The number of hydrogen-bond acceptors (Lipinski definition) is 6. The fourth-order valence-corrected chi connectivity index (χ4v) is 3.70. The van der Waals surface area contributed by atoms with E-state index in [0.29, 0.717) is 42.7 Å².